The molecular formula is C15H24N2O2. The van der Waals surface area contributed by atoms with Gasteiger partial charge < -0.3 is 15.8 Å². The van der Waals surface area contributed by atoms with Gasteiger partial charge in [0.05, 0.1) is 0 Å². The van der Waals surface area contributed by atoms with Crippen molar-refractivity contribution in [3.05, 3.63) is 29.8 Å². The average Bonchev–Trinajstić information content (AvgIpc) is 2.44. The fourth-order valence-corrected chi connectivity index (χ4v) is 1.66. The van der Waals surface area contributed by atoms with Crippen molar-refractivity contribution in [2.45, 2.75) is 39.8 Å². The highest BCUT2D eigenvalue weighted by molar-refractivity contribution is 5.77. The van der Waals surface area contributed by atoms with Crippen molar-refractivity contribution in [1.29, 1.82) is 0 Å². The summed E-state index contributed by atoms with van der Waals surface area (Å²) in [6, 6.07) is 7.62. The molecule has 4 nitrogen and oxygen atoms in total. The Labute approximate surface area is 115 Å². The zero-order valence-electron chi connectivity index (χ0n) is 12.0. The van der Waals surface area contributed by atoms with E-state index in [2.05, 4.69) is 19.2 Å². The van der Waals surface area contributed by atoms with Crippen LogP contribution in [0.3, 0.4) is 0 Å². The summed E-state index contributed by atoms with van der Waals surface area (Å²) in [5.41, 5.74) is 6.56. The van der Waals surface area contributed by atoms with Crippen LogP contribution in [0.25, 0.3) is 0 Å². The van der Waals surface area contributed by atoms with E-state index in [4.69, 9.17) is 10.5 Å². The van der Waals surface area contributed by atoms with Gasteiger partial charge in [0.1, 0.15) is 5.75 Å². The molecule has 0 saturated heterocycles. The van der Waals surface area contributed by atoms with Crippen molar-refractivity contribution in [2.75, 3.05) is 6.61 Å². The minimum absolute atomic E-state index is 0.0444. The minimum atomic E-state index is -0.0873. The molecule has 2 atom stereocenters. The second kappa shape index (κ2) is 7.79. The molecule has 2 unspecified atom stereocenters. The molecule has 0 aliphatic carbocycles. The van der Waals surface area contributed by atoms with Crippen molar-refractivity contribution in [2.24, 2.45) is 11.7 Å². The van der Waals surface area contributed by atoms with Crippen molar-refractivity contribution in [3.8, 4) is 5.75 Å². The van der Waals surface area contributed by atoms with Gasteiger partial charge in [-0.05, 0) is 30.5 Å². The topological polar surface area (TPSA) is 64.3 Å². The van der Waals surface area contributed by atoms with Gasteiger partial charge in [-0.25, -0.2) is 0 Å². The Hall–Kier alpha value is -1.55. The van der Waals surface area contributed by atoms with Gasteiger partial charge in [0, 0.05) is 12.6 Å². The zero-order chi connectivity index (χ0) is 14.3. The molecule has 0 spiro atoms. The highest BCUT2D eigenvalue weighted by Gasteiger charge is 2.13. The van der Waals surface area contributed by atoms with Gasteiger partial charge in [0.25, 0.3) is 5.91 Å². The molecule has 19 heavy (non-hydrogen) atoms. The van der Waals surface area contributed by atoms with Crippen LogP contribution in [-0.4, -0.2) is 18.6 Å². The van der Waals surface area contributed by atoms with E-state index in [1.54, 1.807) is 0 Å². The van der Waals surface area contributed by atoms with Crippen LogP contribution in [0.4, 0.5) is 0 Å². The van der Waals surface area contributed by atoms with Crippen LogP contribution >= 0.6 is 0 Å². The summed E-state index contributed by atoms with van der Waals surface area (Å²) in [7, 11) is 0. The molecule has 0 fully saturated rings. The van der Waals surface area contributed by atoms with E-state index in [0.29, 0.717) is 18.2 Å². The number of nitrogens with one attached hydrogen (secondary N) is 1. The number of carbonyl (C=O) groups excluding carboxylic acids is 1. The molecule has 0 radical (unpaired) electrons. The van der Waals surface area contributed by atoms with Gasteiger partial charge in [-0.2, -0.15) is 0 Å². The lowest BCUT2D eigenvalue weighted by atomic mass is 10.0. The van der Waals surface area contributed by atoms with E-state index in [-0.39, 0.29) is 18.6 Å². The Morgan fingerprint density at radius 2 is 1.95 bits per heavy atom. The first kappa shape index (κ1) is 15.5. The van der Waals surface area contributed by atoms with Crippen molar-refractivity contribution in [3.63, 3.8) is 0 Å². The molecule has 1 rings (SSSR count). The Morgan fingerprint density at radius 1 is 1.32 bits per heavy atom. The maximum atomic E-state index is 11.7. The van der Waals surface area contributed by atoms with Crippen LogP contribution in [0.5, 0.6) is 5.75 Å². The fourth-order valence-electron chi connectivity index (χ4n) is 1.66. The predicted octanol–water partition coefficient (Wildman–Crippen LogP) is 2.07. The molecule has 0 heterocycles. The summed E-state index contributed by atoms with van der Waals surface area (Å²) < 4.78 is 5.43. The third-order valence-electron chi connectivity index (χ3n) is 3.42. The van der Waals surface area contributed by atoms with E-state index in [9.17, 15) is 4.79 Å². The lowest BCUT2D eigenvalue weighted by molar-refractivity contribution is -0.124. The van der Waals surface area contributed by atoms with E-state index in [1.165, 1.54) is 0 Å². The average molecular weight is 264 g/mol. The lowest BCUT2D eigenvalue weighted by Crippen LogP contribution is -2.39. The van der Waals surface area contributed by atoms with Gasteiger partial charge in [-0.1, -0.05) is 32.4 Å². The molecule has 0 bridgehead atoms. The molecule has 0 aliphatic rings. The molecule has 3 N–H and O–H groups in total. The van der Waals surface area contributed by atoms with Crippen LogP contribution in [0.2, 0.25) is 0 Å². The van der Waals surface area contributed by atoms with Crippen molar-refractivity contribution < 1.29 is 9.53 Å². The van der Waals surface area contributed by atoms with Gasteiger partial charge in [-0.3, -0.25) is 4.79 Å². The van der Waals surface area contributed by atoms with Crippen LogP contribution in [0.15, 0.2) is 24.3 Å². The van der Waals surface area contributed by atoms with Gasteiger partial charge >= 0.3 is 0 Å². The number of hydrogen-bond acceptors (Lipinski definition) is 3. The second-order valence-electron chi connectivity index (χ2n) is 4.88. The summed E-state index contributed by atoms with van der Waals surface area (Å²) in [6.45, 7) is 6.80. The number of nitrogens with two attached hydrogens (primary N) is 1. The molecule has 0 aliphatic heterocycles. The van der Waals surface area contributed by atoms with Crippen molar-refractivity contribution >= 4 is 5.91 Å². The summed E-state index contributed by atoms with van der Waals surface area (Å²) >= 11 is 0. The second-order valence-corrected chi connectivity index (χ2v) is 4.88. The molecule has 0 aromatic heterocycles. The Bertz CT molecular complexity index is 390. The number of benzene rings is 1. The number of carbonyl (C=O) groups is 1. The standard InChI is InChI=1S/C15H24N2O2/c1-4-11(2)12(3)17-15(18)10-19-14-7-5-13(9-16)6-8-14/h5-8,11-12H,4,9-10,16H2,1-3H3,(H,17,18). The monoisotopic (exact) mass is 264 g/mol. The molecule has 0 saturated carbocycles. The lowest BCUT2D eigenvalue weighted by Gasteiger charge is -2.19. The highest BCUT2D eigenvalue weighted by Crippen LogP contribution is 2.12. The summed E-state index contributed by atoms with van der Waals surface area (Å²) in [5, 5.41) is 2.94. The quantitative estimate of drug-likeness (QED) is 0.792. The third-order valence-corrected chi connectivity index (χ3v) is 3.42. The SMILES string of the molecule is CCC(C)C(C)NC(=O)COc1ccc(CN)cc1. The fraction of sp³-hybridized carbons (Fsp3) is 0.533. The number of hydrogen-bond donors (Lipinski definition) is 2. The van der Waals surface area contributed by atoms with E-state index < -0.39 is 0 Å². The normalized spacial score (nSPS) is 13.7. The summed E-state index contributed by atoms with van der Waals surface area (Å²) in [5.74, 6) is 1.06. The number of ether oxygens (including phenoxy) is 1. The smallest absolute Gasteiger partial charge is 0.258 e. The maximum Gasteiger partial charge on any atom is 0.258 e. The molecule has 1 aromatic rings. The first-order valence-corrected chi connectivity index (χ1v) is 6.78. The molecular weight excluding hydrogens is 240 g/mol. The van der Waals surface area contributed by atoms with E-state index >= 15 is 0 Å². The molecule has 106 valence electrons. The highest BCUT2D eigenvalue weighted by atomic mass is 16.5. The third kappa shape index (κ3) is 5.30. The largest absolute Gasteiger partial charge is 0.484 e. The van der Waals surface area contributed by atoms with Crippen LogP contribution < -0.4 is 15.8 Å². The van der Waals surface area contributed by atoms with Crippen LogP contribution in [-0.2, 0) is 11.3 Å². The van der Waals surface area contributed by atoms with Crippen LogP contribution in [0.1, 0.15) is 32.8 Å². The summed E-state index contributed by atoms with van der Waals surface area (Å²) in [4.78, 5) is 11.7. The van der Waals surface area contributed by atoms with E-state index in [1.807, 2.05) is 31.2 Å². The molecule has 1 aromatic carbocycles. The van der Waals surface area contributed by atoms with Crippen LogP contribution in [0, 0.1) is 5.92 Å². The van der Waals surface area contributed by atoms with E-state index in [0.717, 1.165) is 12.0 Å². The Kier molecular flexibility index (Phi) is 6.36. The van der Waals surface area contributed by atoms with Gasteiger partial charge in [0.2, 0.25) is 0 Å². The Morgan fingerprint density at radius 3 is 2.47 bits per heavy atom. The Balaban J connectivity index is 2.37. The summed E-state index contributed by atoms with van der Waals surface area (Å²) in [6.07, 6.45) is 1.04. The first-order valence-electron chi connectivity index (χ1n) is 6.78. The first-order chi connectivity index (χ1) is 9.06. The van der Waals surface area contributed by atoms with Gasteiger partial charge in [0.15, 0.2) is 6.61 Å². The maximum absolute atomic E-state index is 11.7. The molecule has 1 amide bonds. The minimum Gasteiger partial charge on any atom is -0.484 e. The van der Waals surface area contributed by atoms with Crippen molar-refractivity contribution in [1.82, 2.24) is 5.32 Å². The number of rotatable bonds is 7. The number of amides is 1. The molecule has 4 heteroatoms. The zero-order valence-corrected chi connectivity index (χ0v) is 12.0. The predicted molar refractivity (Wildman–Crippen MR) is 76.9 cm³/mol. The van der Waals surface area contributed by atoms with Gasteiger partial charge in [-0.15, -0.1) is 0 Å².